The number of halogens is 2. The lowest BCUT2D eigenvalue weighted by molar-refractivity contribution is -0.130. The molecule has 1 unspecified atom stereocenters. The van der Waals surface area contributed by atoms with Crippen molar-refractivity contribution in [3.8, 4) is 0 Å². The molecule has 3 rings (SSSR count). The summed E-state index contributed by atoms with van der Waals surface area (Å²) in [7, 11) is 0. The largest absolute Gasteiger partial charge is 0.338 e. The zero-order chi connectivity index (χ0) is 20.1. The van der Waals surface area contributed by atoms with Crippen LogP contribution >= 0.6 is 23.2 Å². The molecular weight excluding hydrogens is 397 g/mol. The van der Waals surface area contributed by atoms with Gasteiger partial charge in [-0.1, -0.05) is 29.3 Å². The topological polar surface area (TPSA) is 62.3 Å². The van der Waals surface area contributed by atoms with Gasteiger partial charge in [-0.3, -0.25) is 9.59 Å². The molecule has 1 fully saturated rings. The van der Waals surface area contributed by atoms with Gasteiger partial charge >= 0.3 is 0 Å². The smallest absolute Gasteiger partial charge is 0.246 e. The Kier molecular flexibility index (Phi) is 6.70. The number of likely N-dealkylation sites (tertiary alicyclic amines) is 1. The Hall–Kier alpha value is -2.37. The minimum atomic E-state index is -0.262. The molecule has 1 saturated heterocycles. The van der Waals surface area contributed by atoms with Crippen LogP contribution in [0, 0.1) is 12.8 Å². The number of aromatic nitrogens is 1. The molecule has 0 spiro atoms. The van der Waals surface area contributed by atoms with E-state index in [9.17, 15) is 9.59 Å². The van der Waals surface area contributed by atoms with Crippen molar-refractivity contribution in [2.75, 3.05) is 18.4 Å². The van der Waals surface area contributed by atoms with Crippen LogP contribution in [0.1, 0.15) is 24.0 Å². The van der Waals surface area contributed by atoms with Crippen molar-refractivity contribution >= 4 is 46.9 Å². The summed E-state index contributed by atoms with van der Waals surface area (Å²) < 4.78 is 0. The summed E-state index contributed by atoms with van der Waals surface area (Å²) in [5, 5.41) is 3.95. The summed E-state index contributed by atoms with van der Waals surface area (Å²) in [5.41, 5.74) is 1.58. The summed E-state index contributed by atoms with van der Waals surface area (Å²) in [4.78, 5) is 31.1. The van der Waals surface area contributed by atoms with Crippen LogP contribution in [-0.2, 0) is 9.59 Å². The number of piperidine rings is 1. The lowest BCUT2D eigenvalue weighted by Gasteiger charge is -2.31. The molecule has 2 amide bonds. The van der Waals surface area contributed by atoms with Gasteiger partial charge in [-0.15, -0.1) is 0 Å². The first-order valence-corrected chi connectivity index (χ1v) is 9.84. The number of nitrogens with zero attached hydrogens (tertiary/aromatic N) is 2. The van der Waals surface area contributed by atoms with Crippen molar-refractivity contribution in [3.63, 3.8) is 0 Å². The van der Waals surface area contributed by atoms with Gasteiger partial charge in [-0.2, -0.15) is 0 Å². The van der Waals surface area contributed by atoms with Crippen LogP contribution in [0.15, 0.2) is 42.6 Å². The number of carbonyl (C=O) groups excluding carboxylic acids is 2. The second kappa shape index (κ2) is 9.22. The Bertz CT molecular complexity index is 914. The number of pyridine rings is 1. The molecule has 146 valence electrons. The van der Waals surface area contributed by atoms with Crippen LogP contribution in [0.25, 0.3) is 6.08 Å². The highest BCUT2D eigenvalue weighted by atomic mass is 35.5. The average molecular weight is 418 g/mol. The molecule has 1 aliphatic rings. The van der Waals surface area contributed by atoms with Crippen molar-refractivity contribution < 1.29 is 9.59 Å². The fraction of sp³-hybridized carbons (Fsp3) is 0.286. The maximum absolute atomic E-state index is 12.6. The van der Waals surface area contributed by atoms with E-state index < -0.39 is 0 Å². The Morgan fingerprint density at radius 1 is 1.29 bits per heavy atom. The Morgan fingerprint density at radius 3 is 2.89 bits per heavy atom. The molecule has 0 bridgehead atoms. The van der Waals surface area contributed by atoms with Crippen LogP contribution in [-0.4, -0.2) is 34.8 Å². The summed E-state index contributed by atoms with van der Waals surface area (Å²) in [6.07, 6.45) is 6.28. The van der Waals surface area contributed by atoms with E-state index in [1.165, 1.54) is 6.08 Å². The number of rotatable bonds is 4. The molecule has 28 heavy (non-hydrogen) atoms. The monoisotopic (exact) mass is 417 g/mol. The Labute approximate surface area is 174 Å². The molecule has 2 aromatic rings. The van der Waals surface area contributed by atoms with E-state index >= 15 is 0 Å². The number of amides is 2. The number of carbonyl (C=O) groups is 2. The highest BCUT2D eigenvalue weighted by molar-refractivity contribution is 6.34. The van der Waals surface area contributed by atoms with Gasteiger partial charge < -0.3 is 10.2 Å². The minimum Gasteiger partial charge on any atom is -0.338 e. The SMILES string of the molecule is Cc1cccnc1NC(=O)C1CCCN(C(=O)C=Cc2cc(Cl)ccc2Cl)C1. The first-order chi connectivity index (χ1) is 13.4. The lowest BCUT2D eigenvalue weighted by atomic mass is 9.97. The fourth-order valence-corrected chi connectivity index (χ4v) is 3.50. The highest BCUT2D eigenvalue weighted by Crippen LogP contribution is 2.23. The van der Waals surface area contributed by atoms with E-state index in [2.05, 4.69) is 10.3 Å². The van der Waals surface area contributed by atoms with Crippen LogP contribution in [0.3, 0.4) is 0 Å². The van der Waals surface area contributed by atoms with Gasteiger partial charge in [0.2, 0.25) is 11.8 Å². The van der Waals surface area contributed by atoms with E-state index in [0.29, 0.717) is 34.5 Å². The zero-order valence-electron chi connectivity index (χ0n) is 15.5. The molecule has 7 heteroatoms. The standard InChI is InChI=1S/C21H21Cl2N3O2/c1-14-4-2-10-24-20(14)25-21(28)16-5-3-11-26(13-16)19(27)9-6-15-12-17(22)7-8-18(15)23/h2,4,6-10,12,16H,3,5,11,13H2,1H3,(H,24,25,28). The quantitative estimate of drug-likeness (QED) is 0.739. The number of anilines is 1. The van der Waals surface area contributed by atoms with Gasteiger partial charge in [-0.25, -0.2) is 4.98 Å². The van der Waals surface area contributed by atoms with Crippen molar-refractivity contribution in [2.45, 2.75) is 19.8 Å². The zero-order valence-corrected chi connectivity index (χ0v) is 17.0. The predicted octanol–water partition coefficient (Wildman–Crippen LogP) is 4.59. The van der Waals surface area contributed by atoms with Crippen LogP contribution in [0.2, 0.25) is 10.0 Å². The molecule has 2 heterocycles. The summed E-state index contributed by atoms with van der Waals surface area (Å²) in [6, 6.07) is 8.81. The van der Waals surface area contributed by atoms with E-state index in [1.54, 1.807) is 35.4 Å². The molecule has 0 radical (unpaired) electrons. The van der Waals surface area contributed by atoms with Crippen molar-refractivity contribution in [1.82, 2.24) is 9.88 Å². The number of benzene rings is 1. The third-order valence-electron chi connectivity index (χ3n) is 4.72. The van der Waals surface area contributed by atoms with Crippen molar-refractivity contribution in [2.24, 2.45) is 5.92 Å². The third kappa shape index (κ3) is 5.12. The van der Waals surface area contributed by atoms with Crippen LogP contribution in [0.4, 0.5) is 5.82 Å². The Morgan fingerprint density at radius 2 is 2.11 bits per heavy atom. The van der Waals surface area contributed by atoms with Gasteiger partial charge in [0.1, 0.15) is 5.82 Å². The molecule has 0 saturated carbocycles. The minimum absolute atomic E-state index is 0.110. The molecule has 1 aliphatic heterocycles. The summed E-state index contributed by atoms with van der Waals surface area (Å²) >= 11 is 12.1. The molecule has 5 nitrogen and oxygen atoms in total. The van der Waals surface area contributed by atoms with Gasteiger partial charge in [0, 0.05) is 35.4 Å². The summed E-state index contributed by atoms with van der Waals surface area (Å²) in [5.74, 6) is 0.0393. The lowest BCUT2D eigenvalue weighted by Crippen LogP contribution is -2.43. The summed E-state index contributed by atoms with van der Waals surface area (Å²) in [6.45, 7) is 2.90. The average Bonchev–Trinajstić information content (AvgIpc) is 2.70. The third-order valence-corrected chi connectivity index (χ3v) is 5.30. The normalized spacial score (nSPS) is 17.0. The van der Waals surface area contributed by atoms with Gasteiger partial charge in [0.25, 0.3) is 0 Å². The maximum Gasteiger partial charge on any atom is 0.246 e. The molecule has 1 aromatic carbocycles. The van der Waals surface area contributed by atoms with E-state index in [4.69, 9.17) is 23.2 Å². The van der Waals surface area contributed by atoms with Crippen LogP contribution < -0.4 is 5.32 Å². The van der Waals surface area contributed by atoms with E-state index in [0.717, 1.165) is 18.4 Å². The first kappa shape index (κ1) is 20.4. The fourth-order valence-electron chi connectivity index (χ4n) is 3.14. The Balaban J connectivity index is 1.63. The maximum atomic E-state index is 12.6. The van der Waals surface area contributed by atoms with Crippen molar-refractivity contribution in [1.29, 1.82) is 0 Å². The van der Waals surface area contributed by atoms with Gasteiger partial charge in [0.05, 0.1) is 5.92 Å². The van der Waals surface area contributed by atoms with E-state index in [1.807, 2.05) is 19.1 Å². The number of hydrogen-bond donors (Lipinski definition) is 1. The van der Waals surface area contributed by atoms with E-state index in [-0.39, 0.29) is 17.7 Å². The second-order valence-corrected chi connectivity index (χ2v) is 7.62. The highest BCUT2D eigenvalue weighted by Gasteiger charge is 2.28. The molecule has 1 N–H and O–H groups in total. The molecule has 0 aliphatic carbocycles. The first-order valence-electron chi connectivity index (χ1n) is 9.08. The van der Waals surface area contributed by atoms with Gasteiger partial charge in [-0.05, 0) is 61.2 Å². The second-order valence-electron chi connectivity index (χ2n) is 6.78. The predicted molar refractivity (Wildman–Crippen MR) is 112 cm³/mol. The number of hydrogen-bond acceptors (Lipinski definition) is 3. The molecular formula is C21H21Cl2N3O2. The molecule has 1 atom stereocenters. The number of aryl methyl sites for hydroxylation is 1. The van der Waals surface area contributed by atoms with Gasteiger partial charge in [0.15, 0.2) is 0 Å². The number of nitrogens with one attached hydrogen (secondary N) is 1. The van der Waals surface area contributed by atoms with Crippen LogP contribution in [0.5, 0.6) is 0 Å². The van der Waals surface area contributed by atoms with Crippen molar-refractivity contribution in [3.05, 3.63) is 63.8 Å². The molecule has 1 aromatic heterocycles.